The van der Waals surface area contributed by atoms with Crippen molar-refractivity contribution in [2.75, 3.05) is 7.11 Å². The van der Waals surface area contributed by atoms with E-state index in [1.165, 1.54) is 7.11 Å². The lowest BCUT2D eigenvalue weighted by molar-refractivity contribution is -0.127. The first-order chi connectivity index (χ1) is 9.10. The molecule has 0 radical (unpaired) electrons. The van der Waals surface area contributed by atoms with Crippen molar-refractivity contribution < 1.29 is 19.4 Å². The van der Waals surface area contributed by atoms with E-state index in [1.807, 2.05) is 0 Å². The van der Waals surface area contributed by atoms with Gasteiger partial charge in [-0.25, -0.2) is 0 Å². The van der Waals surface area contributed by atoms with E-state index in [9.17, 15) is 14.7 Å². The number of phenols is 1. The lowest BCUT2D eigenvalue weighted by Crippen LogP contribution is -2.10. The molecule has 1 saturated carbocycles. The molecule has 0 heterocycles. The standard InChI is InChI=1S/C15H18O4/c1-19-15-8-10(3-7-13(15)17)2-6-12(16)9-14(18)11-4-5-11/h3,7-8,11,17H,2,4-6,9H2,1H3. The largest absolute Gasteiger partial charge is 0.504 e. The highest BCUT2D eigenvalue weighted by Crippen LogP contribution is 2.31. The number of hydrogen-bond donors (Lipinski definition) is 1. The van der Waals surface area contributed by atoms with Gasteiger partial charge < -0.3 is 9.84 Å². The fraction of sp³-hybridized carbons (Fsp3) is 0.467. The maximum atomic E-state index is 11.7. The molecule has 0 atom stereocenters. The zero-order valence-electron chi connectivity index (χ0n) is 11.0. The molecule has 1 aliphatic rings. The Balaban J connectivity index is 1.84. The third kappa shape index (κ3) is 3.81. The van der Waals surface area contributed by atoms with Crippen LogP contribution in [0.5, 0.6) is 11.5 Å². The van der Waals surface area contributed by atoms with E-state index >= 15 is 0 Å². The van der Waals surface area contributed by atoms with Crippen LogP contribution in [0.4, 0.5) is 0 Å². The van der Waals surface area contributed by atoms with E-state index in [1.54, 1.807) is 18.2 Å². The Labute approximate surface area is 112 Å². The van der Waals surface area contributed by atoms with Gasteiger partial charge >= 0.3 is 0 Å². The predicted molar refractivity (Wildman–Crippen MR) is 70.3 cm³/mol. The summed E-state index contributed by atoms with van der Waals surface area (Å²) in [6, 6.07) is 5.02. The highest BCUT2D eigenvalue weighted by Gasteiger charge is 2.30. The van der Waals surface area contributed by atoms with Crippen molar-refractivity contribution in [3.63, 3.8) is 0 Å². The molecule has 2 rings (SSSR count). The van der Waals surface area contributed by atoms with Crippen molar-refractivity contribution in [3.05, 3.63) is 23.8 Å². The van der Waals surface area contributed by atoms with Crippen LogP contribution in [0.1, 0.15) is 31.2 Å². The Morgan fingerprint density at radius 3 is 2.74 bits per heavy atom. The first-order valence-electron chi connectivity index (χ1n) is 6.50. The summed E-state index contributed by atoms with van der Waals surface area (Å²) in [6.45, 7) is 0. The topological polar surface area (TPSA) is 63.6 Å². The van der Waals surface area contributed by atoms with Gasteiger partial charge in [0.2, 0.25) is 0 Å². The molecule has 1 aromatic carbocycles. The normalized spacial score (nSPS) is 14.2. The van der Waals surface area contributed by atoms with E-state index in [-0.39, 0.29) is 29.7 Å². The summed E-state index contributed by atoms with van der Waals surface area (Å²) in [5.41, 5.74) is 0.918. The van der Waals surface area contributed by atoms with Crippen LogP contribution in [0.3, 0.4) is 0 Å². The lowest BCUT2D eigenvalue weighted by Gasteiger charge is -2.06. The zero-order chi connectivity index (χ0) is 13.8. The number of methoxy groups -OCH3 is 1. The number of Topliss-reactive ketones (excluding diaryl/α,β-unsaturated/α-hetero) is 2. The highest BCUT2D eigenvalue weighted by atomic mass is 16.5. The number of carbonyl (C=O) groups is 2. The number of hydrogen-bond acceptors (Lipinski definition) is 4. The molecule has 0 bridgehead atoms. The van der Waals surface area contributed by atoms with Crippen LogP contribution < -0.4 is 4.74 Å². The monoisotopic (exact) mass is 262 g/mol. The Morgan fingerprint density at radius 2 is 2.11 bits per heavy atom. The molecule has 0 spiro atoms. The number of ether oxygens (including phenoxy) is 1. The van der Waals surface area contributed by atoms with Gasteiger partial charge in [-0.2, -0.15) is 0 Å². The first-order valence-corrected chi connectivity index (χ1v) is 6.50. The van der Waals surface area contributed by atoms with Gasteiger partial charge in [0, 0.05) is 12.3 Å². The minimum absolute atomic E-state index is 0.0102. The lowest BCUT2D eigenvalue weighted by atomic mass is 10.0. The van der Waals surface area contributed by atoms with Crippen molar-refractivity contribution in [3.8, 4) is 11.5 Å². The van der Waals surface area contributed by atoms with Gasteiger partial charge in [0.1, 0.15) is 11.6 Å². The fourth-order valence-electron chi connectivity index (χ4n) is 1.99. The Hall–Kier alpha value is -1.84. The summed E-state index contributed by atoms with van der Waals surface area (Å²) >= 11 is 0. The number of aromatic hydroxyl groups is 1. The van der Waals surface area contributed by atoms with Gasteiger partial charge in [-0.15, -0.1) is 0 Å². The summed E-state index contributed by atoms with van der Waals surface area (Å²) in [7, 11) is 1.48. The zero-order valence-corrected chi connectivity index (χ0v) is 11.0. The number of benzene rings is 1. The summed E-state index contributed by atoms with van der Waals surface area (Å²) < 4.78 is 5.01. The summed E-state index contributed by atoms with van der Waals surface area (Å²) in [4.78, 5) is 23.2. The fourth-order valence-corrected chi connectivity index (χ4v) is 1.99. The second-order valence-corrected chi connectivity index (χ2v) is 4.96. The van der Waals surface area contributed by atoms with E-state index in [0.29, 0.717) is 18.6 Å². The first kappa shape index (κ1) is 13.6. The Kier molecular flexibility index (Phi) is 4.20. The van der Waals surface area contributed by atoms with Crippen molar-refractivity contribution in [2.24, 2.45) is 5.92 Å². The van der Waals surface area contributed by atoms with Gasteiger partial charge in [-0.1, -0.05) is 6.07 Å². The van der Waals surface area contributed by atoms with Crippen molar-refractivity contribution in [1.29, 1.82) is 0 Å². The van der Waals surface area contributed by atoms with Crippen LogP contribution in [-0.4, -0.2) is 23.8 Å². The minimum atomic E-state index is -0.0102. The number of ketones is 2. The van der Waals surface area contributed by atoms with Gasteiger partial charge in [0.15, 0.2) is 11.5 Å². The second kappa shape index (κ2) is 5.87. The molecule has 102 valence electrons. The molecule has 0 aromatic heterocycles. The summed E-state index contributed by atoms with van der Waals surface area (Å²) in [6.07, 6.45) is 2.88. The van der Waals surface area contributed by atoms with E-state index in [0.717, 1.165) is 18.4 Å². The van der Waals surface area contributed by atoms with Crippen molar-refractivity contribution >= 4 is 11.6 Å². The van der Waals surface area contributed by atoms with E-state index < -0.39 is 0 Å². The molecule has 0 unspecified atom stereocenters. The predicted octanol–water partition coefficient (Wildman–Crippen LogP) is 2.27. The van der Waals surface area contributed by atoms with E-state index in [4.69, 9.17) is 4.74 Å². The second-order valence-electron chi connectivity index (χ2n) is 4.96. The molecule has 1 N–H and O–H groups in total. The van der Waals surface area contributed by atoms with Gasteiger partial charge in [-0.05, 0) is 37.0 Å². The maximum absolute atomic E-state index is 11.7. The van der Waals surface area contributed by atoms with Gasteiger partial charge in [0.25, 0.3) is 0 Å². The Morgan fingerprint density at radius 1 is 1.37 bits per heavy atom. The molecule has 0 amide bonds. The van der Waals surface area contributed by atoms with Crippen LogP contribution >= 0.6 is 0 Å². The number of aryl methyl sites for hydroxylation is 1. The van der Waals surface area contributed by atoms with Crippen LogP contribution in [0, 0.1) is 5.92 Å². The minimum Gasteiger partial charge on any atom is -0.504 e. The SMILES string of the molecule is COc1cc(CCC(=O)CC(=O)C2CC2)ccc1O. The van der Waals surface area contributed by atoms with Crippen LogP contribution in [0.25, 0.3) is 0 Å². The number of rotatable bonds is 7. The van der Waals surface area contributed by atoms with Crippen LogP contribution in [0.2, 0.25) is 0 Å². The van der Waals surface area contributed by atoms with E-state index in [2.05, 4.69) is 0 Å². The Bertz CT molecular complexity index is 489. The van der Waals surface area contributed by atoms with Gasteiger partial charge in [-0.3, -0.25) is 9.59 Å². The summed E-state index contributed by atoms with van der Waals surface area (Å²) in [5.74, 6) is 0.718. The quantitative estimate of drug-likeness (QED) is 0.766. The summed E-state index contributed by atoms with van der Waals surface area (Å²) in [5, 5.41) is 9.46. The number of carbonyl (C=O) groups excluding carboxylic acids is 2. The molecule has 1 aromatic rings. The number of phenolic OH excluding ortho intramolecular Hbond substituents is 1. The molecule has 0 saturated heterocycles. The molecule has 19 heavy (non-hydrogen) atoms. The molecule has 4 nitrogen and oxygen atoms in total. The highest BCUT2D eigenvalue weighted by molar-refractivity contribution is 6.01. The van der Waals surface area contributed by atoms with Crippen molar-refractivity contribution in [2.45, 2.75) is 32.1 Å². The molecule has 1 fully saturated rings. The molecule has 0 aliphatic heterocycles. The van der Waals surface area contributed by atoms with Crippen LogP contribution in [0.15, 0.2) is 18.2 Å². The molecular formula is C15H18O4. The average Bonchev–Trinajstić information content (AvgIpc) is 3.22. The molecule has 1 aliphatic carbocycles. The van der Waals surface area contributed by atoms with Crippen LogP contribution in [-0.2, 0) is 16.0 Å². The van der Waals surface area contributed by atoms with Crippen molar-refractivity contribution in [1.82, 2.24) is 0 Å². The third-order valence-corrected chi connectivity index (χ3v) is 3.34. The molecule has 4 heteroatoms. The van der Waals surface area contributed by atoms with Gasteiger partial charge in [0.05, 0.1) is 13.5 Å². The third-order valence-electron chi connectivity index (χ3n) is 3.34. The molecular weight excluding hydrogens is 244 g/mol. The smallest absolute Gasteiger partial charge is 0.160 e. The maximum Gasteiger partial charge on any atom is 0.160 e. The average molecular weight is 262 g/mol.